The highest BCUT2D eigenvalue weighted by molar-refractivity contribution is 7.15. The lowest BCUT2D eigenvalue weighted by Crippen LogP contribution is -2.22. The average molecular weight is 422 g/mol. The fraction of sp³-hybridized carbons (Fsp3) is 0.105. The Morgan fingerprint density at radius 3 is 2.46 bits per heavy atom. The van der Waals surface area contributed by atoms with Gasteiger partial charge in [0.15, 0.2) is 5.01 Å². The van der Waals surface area contributed by atoms with E-state index in [0.29, 0.717) is 17.1 Å². The molecule has 5 nitrogen and oxygen atoms in total. The monoisotopic (exact) mass is 421 g/mol. The maximum absolute atomic E-state index is 12.2. The molecule has 1 aromatic heterocycles. The number of nitrogens with zero attached hydrogens (tertiary/aromatic N) is 2. The second-order valence-electron chi connectivity index (χ2n) is 5.52. The molecule has 2 aromatic carbocycles. The summed E-state index contributed by atoms with van der Waals surface area (Å²) >= 11 is 7.30. The molecule has 1 N–H and O–H groups in total. The van der Waals surface area contributed by atoms with Gasteiger partial charge in [0, 0.05) is 6.54 Å². The van der Waals surface area contributed by atoms with Crippen molar-refractivity contribution < 1.29 is 18.3 Å². The minimum Gasteiger partial charge on any atom is -0.435 e. The third-order valence-corrected chi connectivity index (χ3v) is 4.87. The largest absolute Gasteiger partial charge is 0.435 e. The number of rotatable bonds is 7. The molecule has 28 heavy (non-hydrogen) atoms. The van der Waals surface area contributed by atoms with Crippen LogP contribution in [0.1, 0.15) is 25.9 Å². The summed E-state index contributed by atoms with van der Waals surface area (Å²) in [5, 5.41) is 11.4. The van der Waals surface area contributed by atoms with Gasteiger partial charge < -0.3 is 10.1 Å². The first-order chi connectivity index (χ1) is 13.5. The van der Waals surface area contributed by atoms with Crippen LogP contribution in [0.4, 0.5) is 8.78 Å². The lowest BCUT2D eigenvalue weighted by Gasteiger charge is -2.04. The molecule has 0 unspecified atom stereocenters. The zero-order valence-corrected chi connectivity index (χ0v) is 15.9. The number of halogens is 3. The number of nitrogens with one attached hydrogen (secondary N) is 1. The van der Waals surface area contributed by atoms with E-state index < -0.39 is 6.61 Å². The Bertz CT molecular complexity index is 963. The summed E-state index contributed by atoms with van der Waals surface area (Å²) in [6.07, 6.45) is 1.60. The van der Waals surface area contributed by atoms with Crippen molar-refractivity contribution >= 4 is 40.0 Å². The first kappa shape index (κ1) is 19.9. The van der Waals surface area contributed by atoms with Gasteiger partial charge in [-0.1, -0.05) is 65.4 Å². The second kappa shape index (κ2) is 9.38. The fourth-order valence-corrected chi connectivity index (χ4v) is 3.17. The minimum atomic E-state index is -2.88. The van der Waals surface area contributed by atoms with Gasteiger partial charge in [-0.2, -0.15) is 8.78 Å². The molecule has 0 bridgehead atoms. The van der Waals surface area contributed by atoms with Gasteiger partial charge in [0.05, 0.1) is 5.03 Å². The number of amides is 1. The molecule has 9 heteroatoms. The molecule has 1 heterocycles. The molecule has 3 rings (SSSR count). The summed E-state index contributed by atoms with van der Waals surface area (Å²) in [6, 6.07) is 15.5. The molecular weight excluding hydrogens is 408 g/mol. The summed E-state index contributed by atoms with van der Waals surface area (Å²) in [5.41, 5.74) is 1.63. The molecule has 3 aromatic rings. The third-order valence-electron chi connectivity index (χ3n) is 3.52. The number of carbonyl (C=O) groups excluding carboxylic acids is 1. The highest BCUT2D eigenvalue weighted by Crippen LogP contribution is 2.26. The highest BCUT2D eigenvalue weighted by Gasteiger charge is 2.14. The van der Waals surface area contributed by atoms with Crippen LogP contribution in [0, 0.1) is 0 Å². The Morgan fingerprint density at radius 2 is 1.79 bits per heavy atom. The fourth-order valence-electron chi connectivity index (χ4n) is 2.22. The van der Waals surface area contributed by atoms with Crippen molar-refractivity contribution in [1.29, 1.82) is 0 Å². The van der Waals surface area contributed by atoms with Crippen molar-refractivity contribution in [2.24, 2.45) is 0 Å². The van der Waals surface area contributed by atoms with Gasteiger partial charge in [0.1, 0.15) is 5.75 Å². The molecule has 0 spiro atoms. The molecular formula is C19H14ClF2N3O2S. The highest BCUT2D eigenvalue weighted by atomic mass is 35.5. The molecule has 144 valence electrons. The Labute approximate surface area is 168 Å². The van der Waals surface area contributed by atoms with E-state index in [9.17, 15) is 13.6 Å². The van der Waals surface area contributed by atoms with E-state index >= 15 is 0 Å². The summed E-state index contributed by atoms with van der Waals surface area (Å²) in [7, 11) is 0. The molecule has 0 aliphatic rings. The number of aromatic nitrogens is 2. The van der Waals surface area contributed by atoms with Crippen LogP contribution in [-0.2, 0) is 6.54 Å². The molecule has 1 amide bonds. The molecule has 0 fully saturated rings. The zero-order valence-electron chi connectivity index (χ0n) is 14.3. The average Bonchev–Trinajstić information content (AvgIpc) is 3.18. The normalized spacial score (nSPS) is 11.5. The maximum atomic E-state index is 12.2. The van der Waals surface area contributed by atoms with Gasteiger partial charge in [0.25, 0.3) is 5.91 Å². The van der Waals surface area contributed by atoms with Gasteiger partial charge in [-0.3, -0.25) is 4.79 Å². The minimum absolute atomic E-state index is 0.0524. The molecule has 0 radical (unpaired) electrons. The van der Waals surface area contributed by atoms with Gasteiger partial charge in [-0.15, -0.1) is 10.2 Å². The van der Waals surface area contributed by atoms with E-state index in [1.165, 1.54) is 12.1 Å². The lowest BCUT2D eigenvalue weighted by atomic mass is 10.2. The van der Waals surface area contributed by atoms with Gasteiger partial charge in [-0.25, -0.2) is 0 Å². The first-order valence-electron chi connectivity index (χ1n) is 8.09. The summed E-state index contributed by atoms with van der Waals surface area (Å²) < 4.78 is 28.6. The lowest BCUT2D eigenvalue weighted by molar-refractivity contribution is -0.0498. The number of hydrogen-bond acceptors (Lipinski definition) is 5. The Morgan fingerprint density at radius 1 is 1.11 bits per heavy atom. The van der Waals surface area contributed by atoms with Crippen molar-refractivity contribution in [3.05, 3.63) is 75.7 Å². The van der Waals surface area contributed by atoms with E-state index in [-0.39, 0.29) is 21.7 Å². The number of ether oxygens (including phenoxy) is 1. The number of hydrogen-bond donors (Lipinski definition) is 1. The summed E-state index contributed by atoms with van der Waals surface area (Å²) in [4.78, 5) is 12.2. The van der Waals surface area contributed by atoms with Crippen LogP contribution in [0.15, 0.2) is 54.6 Å². The number of carbonyl (C=O) groups is 1. The maximum Gasteiger partial charge on any atom is 0.387 e. The van der Waals surface area contributed by atoms with Crippen LogP contribution in [0.3, 0.4) is 0 Å². The quantitative estimate of drug-likeness (QED) is 0.594. The van der Waals surface area contributed by atoms with E-state index in [1.54, 1.807) is 18.2 Å². The smallest absolute Gasteiger partial charge is 0.387 e. The molecule has 0 saturated heterocycles. The predicted molar refractivity (Wildman–Crippen MR) is 104 cm³/mol. The zero-order chi connectivity index (χ0) is 19.9. The van der Waals surface area contributed by atoms with Gasteiger partial charge in [0.2, 0.25) is 5.01 Å². The van der Waals surface area contributed by atoms with Gasteiger partial charge in [-0.05, 0) is 29.3 Å². The topological polar surface area (TPSA) is 64.1 Å². The Balaban J connectivity index is 1.63. The van der Waals surface area contributed by atoms with E-state index in [2.05, 4.69) is 20.3 Å². The number of benzene rings is 2. The van der Waals surface area contributed by atoms with Crippen LogP contribution in [0.5, 0.6) is 5.75 Å². The van der Waals surface area contributed by atoms with Crippen LogP contribution in [-0.4, -0.2) is 22.7 Å². The standard InChI is InChI=1S/C19H14ClF2N3O2S/c20-15(10-12-6-8-14(9-7-12)27-19(21)22)17-24-25-18(28-17)16(26)23-11-13-4-2-1-3-5-13/h1-10,19H,11H2,(H,23,26)/b15-10-. The van der Waals surface area contributed by atoms with Crippen molar-refractivity contribution in [3.8, 4) is 5.75 Å². The second-order valence-corrected chi connectivity index (χ2v) is 6.91. The van der Waals surface area contributed by atoms with Crippen molar-refractivity contribution in [2.75, 3.05) is 0 Å². The van der Waals surface area contributed by atoms with Crippen LogP contribution < -0.4 is 10.1 Å². The van der Waals surface area contributed by atoms with Crippen LogP contribution >= 0.6 is 22.9 Å². The Hall–Kier alpha value is -2.84. The molecule has 0 aliphatic carbocycles. The third kappa shape index (κ3) is 5.58. The summed E-state index contributed by atoms with van der Waals surface area (Å²) in [5.74, 6) is -0.290. The van der Waals surface area contributed by atoms with E-state index in [1.807, 2.05) is 30.3 Å². The van der Waals surface area contributed by atoms with Gasteiger partial charge >= 0.3 is 6.61 Å². The van der Waals surface area contributed by atoms with E-state index in [0.717, 1.165) is 16.9 Å². The summed E-state index contributed by atoms with van der Waals surface area (Å²) in [6.45, 7) is -2.50. The molecule has 0 aliphatic heterocycles. The van der Waals surface area contributed by atoms with Crippen molar-refractivity contribution in [2.45, 2.75) is 13.2 Å². The first-order valence-corrected chi connectivity index (χ1v) is 9.29. The molecule has 0 saturated carbocycles. The van der Waals surface area contributed by atoms with Crippen molar-refractivity contribution in [1.82, 2.24) is 15.5 Å². The predicted octanol–water partition coefficient (Wildman–Crippen LogP) is 4.81. The molecule has 0 atom stereocenters. The van der Waals surface area contributed by atoms with Crippen LogP contribution in [0.2, 0.25) is 0 Å². The van der Waals surface area contributed by atoms with Crippen LogP contribution in [0.25, 0.3) is 11.1 Å². The van der Waals surface area contributed by atoms with Crippen molar-refractivity contribution in [3.63, 3.8) is 0 Å². The Kier molecular flexibility index (Phi) is 6.67. The number of alkyl halides is 2. The SMILES string of the molecule is O=C(NCc1ccccc1)c1nnc(/C(Cl)=C/c2ccc(OC(F)F)cc2)s1. The van der Waals surface area contributed by atoms with E-state index in [4.69, 9.17) is 11.6 Å².